The lowest BCUT2D eigenvalue weighted by Gasteiger charge is -2.26. The van der Waals surface area contributed by atoms with E-state index in [1.54, 1.807) is 30.8 Å². The van der Waals surface area contributed by atoms with Crippen molar-refractivity contribution in [2.75, 3.05) is 32.6 Å². The highest BCUT2D eigenvalue weighted by Gasteiger charge is 2.23. The highest BCUT2D eigenvalue weighted by Crippen LogP contribution is 2.24. The fourth-order valence-electron chi connectivity index (χ4n) is 2.07. The molecule has 0 fully saturated rings. The van der Waals surface area contributed by atoms with E-state index in [0.29, 0.717) is 5.75 Å². The number of benzene rings is 1. The predicted molar refractivity (Wildman–Crippen MR) is 83.3 cm³/mol. The molecule has 0 aliphatic heterocycles. The molecule has 1 aromatic rings. The van der Waals surface area contributed by atoms with Crippen LogP contribution >= 0.6 is 11.8 Å². The Labute approximate surface area is 129 Å². The van der Waals surface area contributed by atoms with Gasteiger partial charge in [-0.25, -0.2) is 8.78 Å². The Hall–Kier alpha value is -1.14. The average molecular weight is 316 g/mol. The van der Waals surface area contributed by atoms with Gasteiger partial charge in [0.25, 0.3) is 0 Å². The first-order chi connectivity index (χ1) is 9.88. The van der Waals surface area contributed by atoms with Gasteiger partial charge in [-0.15, -0.1) is 0 Å². The number of nitrogens with zero attached hydrogens (tertiary/aromatic N) is 1. The van der Waals surface area contributed by atoms with Gasteiger partial charge in [0.2, 0.25) is 5.91 Å². The topological polar surface area (TPSA) is 32.3 Å². The third kappa shape index (κ3) is 4.97. The van der Waals surface area contributed by atoms with Crippen molar-refractivity contribution in [2.24, 2.45) is 5.92 Å². The normalized spacial score (nSPS) is 14.0. The molecule has 0 saturated carbocycles. The molecule has 2 unspecified atom stereocenters. The number of carbonyl (C=O) groups is 1. The zero-order valence-corrected chi connectivity index (χ0v) is 13.6. The van der Waals surface area contributed by atoms with Crippen LogP contribution < -0.4 is 5.32 Å². The zero-order valence-electron chi connectivity index (χ0n) is 12.8. The van der Waals surface area contributed by atoms with Crippen LogP contribution in [-0.2, 0) is 4.79 Å². The Bertz CT molecular complexity index is 462. The lowest BCUT2D eigenvalue weighted by molar-refractivity contribution is -0.124. The molecule has 118 valence electrons. The summed E-state index contributed by atoms with van der Waals surface area (Å²) in [6.45, 7) is 2.00. The van der Waals surface area contributed by atoms with Crippen molar-refractivity contribution in [1.29, 1.82) is 0 Å². The van der Waals surface area contributed by atoms with Crippen LogP contribution in [0.5, 0.6) is 0 Å². The number of hydrogen-bond acceptors (Lipinski definition) is 3. The second-order valence-corrected chi connectivity index (χ2v) is 6.13. The number of rotatable bonds is 7. The molecule has 1 N–H and O–H groups in total. The van der Waals surface area contributed by atoms with Crippen molar-refractivity contribution >= 4 is 17.7 Å². The van der Waals surface area contributed by atoms with Crippen LogP contribution in [0.2, 0.25) is 0 Å². The quantitative estimate of drug-likeness (QED) is 0.839. The van der Waals surface area contributed by atoms with Gasteiger partial charge >= 0.3 is 0 Å². The number of likely N-dealkylation sites (N-methyl/N-ethyl adjacent to an activating group) is 1. The minimum atomic E-state index is -0.597. The van der Waals surface area contributed by atoms with Gasteiger partial charge < -0.3 is 10.2 Å². The molecule has 1 aromatic carbocycles. The van der Waals surface area contributed by atoms with E-state index in [9.17, 15) is 13.6 Å². The first kappa shape index (κ1) is 17.9. The molecule has 2 atom stereocenters. The van der Waals surface area contributed by atoms with E-state index >= 15 is 0 Å². The molecule has 0 heterocycles. The van der Waals surface area contributed by atoms with Crippen LogP contribution in [0, 0.1) is 17.6 Å². The minimum Gasteiger partial charge on any atom is -0.354 e. The van der Waals surface area contributed by atoms with Gasteiger partial charge in [0.1, 0.15) is 11.6 Å². The largest absolute Gasteiger partial charge is 0.354 e. The maximum Gasteiger partial charge on any atom is 0.223 e. The summed E-state index contributed by atoms with van der Waals surface area (Å²) in [4.78, 5) is 13.6. The Morgan fingerprint density at radius 2 is 1.90 bits per heavy atom. The van der Waals surface area contributed by atoms with Crippen molar-refractivity contribution in [3.05, 3.63) is 35.4 Å². The van der Waals surface area contributed by atoms with Crippen LogP contribution in [-0.4, -0.2) is 43.5 Å². The summed E-state index contributed by atoms with van der Waals surface area (Å²) in [5.41, 5.74) is -0.0136. The van der Waals surface area contributed by atoms with Gasteiger partial charge in [-0.05, 0) is 32.5 Å². The molecular formula is C15H22F2N2OS. The molecule has 0 aliphatic rings. The smallest absolute Gasteiger partial charge is 0.223 e. The van der Waals surface area contributed by atoms with E-state index in [-0.39, 0.29) is 23.9 Å². The van der Waals surface area contributed by atoms with E-state index in [1.165, 1.54) is 18.2 Å². The molecule has 0 bridgehead atoms. The fourth-order valence-corrected chi connectivity index (χ4v) is 2.72. The molecule has 0 aromatic heterocycles. The SMILES string of the molecule is CSCC(C)C(=O)NCC(c1c(F)cccc1F)N(C)C. The van der Waals surface area contributed by atoms with Crippen molar-refractivity contribution < 1.29 is 13.6 Å². The van der Waals surface area contributed by atoms with E-state index in [0.717, 1.165) is 0 Å². The lowest BCUT2D eigenvalue weighted by Crippen LogP contribution is -2.38. The van der Waals surface area contributed by atoms with Crippen molar-refractivity contribution in [3.8, 4) is 0 Å². The van der Waals surface area contributed by atoms with Crippen molar-refractivity contribution in [2.45, 2.75) is 13.0 Å². The first-order valence-electron chi connectivity index (χ1n) is 6.75. The highest BCUT2D eigenvalue weighted by atomic mass is 32.2. The standard InChI is InChI=1S/C15H22F2N2OS/c1-10(9-21-4)15(20)18-8-13(19(2)3)14-11(16)6-5-7-12(14)17/h5-7,10,13H,8-9H2,1-4H3,(H,18,20). The van der Waals surface area contributed by atoms with Crippen molar-refractivity contribution in [3.63, 3.8) is 0 Å². The first-order valence-corrected chi connectivity index (χ1v) is 8.14. The number of halogens is 2. The summed E-state index contributed by atoms with van der Waals surface area (Å²) in [6, 6.07) is 3.25. The predicted octanol–water partition coefficient (Wildman–Crippen LogP) is 2.68. The van der Waals surface area contributed by atoms with Crippen LogP contribution in [0.4, 0.5) is 8.78 Å². The van der Waals surface area contributed by atoms with Crippen LogP contribution in [0.1, 0.15) is 18.5 Å². The number of thioether (sulfide) groups is 1. The lowest BCUT2D eigenvalue weighted by atomic mass is 10.0. The number of amides is 1. The molecule has 21 heavy (non-hydrogen) atoms. The molecule has 1 rings (SSSR count). The molecule has 0 saturated heterocycles. The maximum atomic E-state index is 13.9. The summed E-state index contributed by atoms with van der Waals surface area (Å²) < 4.78 is 27.8. The molecule has 0 spiro atoms. The molecule has 6 heteroatoms. The molecule has 1 amide bonds. The Morgan fingerprint density at radius 1 is 1.33 bits per heavy atom. The molecular weight excluding hydrogens is 294 g/mol. The van der Waals surface area contributed by atoms with Gasteiger partial charge in [0.05, 0.1) is 6.04 Å². The summed E-state index contributed by atoms with van der Waals surface area (Å²) in [6.07, 6.45) is 1.93. The minimum absolute atomic E-state index is 0.0136. The summed E-state index contributed by atoms with van der Waals surface area (Å²) in [7, 11) is 3.46. The number of nitrogens with one attached hydrogen (secondary N) is 1. The van der Waals surface area contributed by atoms with E-state index < -0.39 is 17.7 Å². The second-order valence-electron chi connectivity index (χ2n) is 5.22. The average Bonchev–Trinajstić information content (AvgIpc) is 2.41. The third-order valence-corrected chi connectivity index (χ3v) is 4.12. The van der Waals surface area contributed by atoms with Crippen LogP contribution in [0.25, 0.3) is 0 Å². The van der Waals surface area contributed by atoms with Gasteiger partial charge in [-0.1, -0.05) is 13.0 Å². The summed E-state index contributed by atoms with van der Waals surface area (Å²) >= 11 is 1.59. The Kier molecular flexibility index (Phi) is 7.11. The van der Waals surface area contributed by atoms with Gasteiger partial charge in [-0.3, -0.25) is 4.79 Å². The second kappa shape index (κ2) is 8.34. The maximum absolute atomic E-state index is 13.9. The third-order valence-electron chi connectivity index (χ3n) is 3.29. The summed E-state index contributed by atoms with van der Waals surface area (Å²) in [5.74, 6) is -0.714. The van der Waals surface area contributed by atoms with E-state index in [4.69, 9.17) is 0 Å². The fraction of sp³-hybridized carbons (Fsp3) is 0.533. The number of carbonyl (C=O) groups excluding carboxylic acids is 1. The van der Waals surface area contributed by atoms with E-state index in [2.05, 4.69) is 5.32 Å². The molecule has 0 radical (unpaired) electrons. The van der Waals surface area contributed by atoms with Gasteiger partial charge in [-0.2, -0.15) is 11.8 Å². The Balaban J connectivity index is 2.82. The number of hydrogen-bond donors (Lipinski definition) is 1. The molecule has 3 nitrogen and oxygen atoms in total. The van der Waals surface area contributed by atoms with E-state index in [1.807, 2.05) is 13.2 Å². The summed E-state index contributed by atoms with van der Waals surface area (Å²) in [5, 5.41) is 2.77. The molecule has 0 aliphatic carbocycles. The van der Waals surface area contributed by atoms with Crippen molar-refractivity contribution in [1.82, 2.24) is 10.2 Å². The van der Waals surface area contributed by atoms with Gasteiger partial charge in [0.15, 0.2) is 0 Å². The highest BCUT2D eigenvalue weighted by molar-refractivity contribution is 7.98. The Morgan fingerprint density at radius 3 is 2.38 bits per heavy atom. The zero-order chi connectivity index (χ0) is 16.0. The van der Waals surface area contributed by atoms with Crippen LogP contribution in [0.3, 0.4) is 0 Å². The van der Waals surface area contributed by atoms with Crippen LogP contribution in [0.15, 0.2) is 18.2 Å². The monoisotopic (exact) mass is 316 g/mol. The van der Waals surface area contributed by atoms with Gasteiger partial charge in [0, 0.05) is 23.8 Å².